The Hall–Kier alpha value is -1.58. The van der Waals surface area contributed by atoms with Crippen LogP contribution in [0.1, 0.15) is 22.3 Å². The molecular weight excluding hydrogens is 199 g/mol. The molecule has 0 atom stereocenters. The zero-order chi connectivity index (χ0) is 11.3. The maximum Gasteiger partial charge on any atom is 0.335 e. The molecule has 3 nitrogen and oxygen atoms in total. The molecule has 82 valence electrons. The van der Waals surface area contributed by atoms with Gasteiger partial charge in [-0.2, -0.15) is 0 Å². The second-order valence-electron chi connectivity index (χ2n) is 3.17. The monoisotopic (exact) mass is 212 g/mol. The lowest BCUT2D eigenvalue weighted by molar-refractivity contribution is 0.0696. The maximum absolute atomic E-state index is 11.8. The number of hydrogen-bond acceptors (Lipinski definition) is 2. The van der Waals surface area contributed by atoms with Gasteiger partial charge in [-0.15, -0.1) is 0 Å². The van der Waals surface area contributed by atoms with Crippen molar-refractivity contribution in [2.24, 2.45) is 0 Å². The molecule has 0 aliphatic rings. The topological polar surface area (TPSA) is 46.5 Å². The summed E-state index contributed by atoms with van der Waals surface area (Å²) in [5, 5.41) is 8.78. The second kappa shape index (κ2) is 5.34. The summed E-state index contributed by atoms with van der Waals surface area (Å²) < 4.78 is 17.0. The molecular formula is C11H13FO3. The largest absolute Gasteiger partial charge is 0.493 e. The van der Waals surface area contributed by atoms with Gasteiger partial charge in [0.15, 0.2) is 0 Å². The molecule has 0 heterocycles. The van der Waals surface area contributed by atoms with Crippen molar-refractivity contribution in [3.8, 4) is 5.75 Å². The van der Waals surface area contributed by atoms with E-state index in [1.807, 2.05) is 0 Å². The fraction of sp³-hybridized carbons (Fsp3) is 0.364. The second-order valence-corrected chi connectivity index (χ2v) is 3.17. The highest BCUT2D eigenvalue weighted by Gasteiger charge is 2.07. The van der Waals surface area contributed by atoms with E-state index in [9.17, 15) is 9.18 Å². The third-order valence-corrected chi connectivity index (χ3v) is 1.97. The standard InChI is InChI=1S/C11H13FO3/c1-8-7-9(15-6-2-5-12)3-4-10(8)11(13)14/h3-4,7H,2,5-6H2,1H3,(H,13,14). The van der Waals surface area contributed by atoms with Crippen molar-refractivity contribution >= 4 is 5.97 Å². The molecule has 0 bridgehead atoms. The highest BCUT2D eigenvalue weighted by molar-refractivity contribution is 5.89. The Morgan fingerprint density at radius 2 is 2.27 bits per heavy atom. The summed E-state index contributed by atoms with van der Waals surface area (Å²) in [6, 6.07) is 4.71. The van der Waals surface area contributed by atoms with E-state index in [0.29, 0.717) is 24.3 Å². The fourth-order valence-corrected chi connectivity index (χ4v) is 1.21. The number of hydrogen-bond donors (Lipinski definition) is 1. The quantitative estimate of drug-likeness (QED) is 0.762. The summed E-state index contributed by atoms with van der Waals surface area (Å²) in [6.45, 7) is 1.60. The van der Waals surface area contributed by atoms with Gasteiger partial charge in [0.05, 0.1) is 18.8 Å². The Balaban J connectivity index is 2.69. The van der Waals surface area contributed by atoms with Crippen molar-refractivity contribution in [3.05, 3.63) is 29.3 Å². The van der Waals surface area contributed by atoms with Crippen molar-refractivity contribution in [2.75, 3.05) is 13.3 Å². The average molecular weight is 212 g/mol. The molecule has 0 amide bonds. The van der Waals surface area contributed by atoms with Crippen LogP contribution in [0.25, 0.3) is 0 Å². The van der Waals surface area contributed by atoms with Crippen molar-refractivity contribution in [1.29, 1.82) is 0 Å². The first kappa shape index (κ1) is 11.5. The molecule has 0 saturated carbocycles. The highest BCUT2D eigenvalue weighted by atomic mass is 19.1. The summed E-state index contributed by atoms with van der Waals surface area (Å²) in [5.41, 5.74) is 0.896. The van der Waals surface area contributed by atoms with Crippen LogP contribution in [-0.2, 0) is 0 Å². The van der Waals surface area contributed by atoms with Gasteiger partial charge >= 0.3 is 5.97 Å². The predicted octanol–water partition coefficient (Wildman–Crippen LogP) is 2.43. The van der Waals surface area contributed by atoms with Crippen molar-refractivity contribution in [1.82, 2.24) is 0 Å². The first-order valence-corrected chi connectivity index (χ1v) is 4.68. The van der Waals surface area contributed by atoms with Crippen LogP contribution in [0, 0.1) is 6.92 Å². The van der Waals surface area contributed by atoms with Gasteiger partial charge in [0.1, 0.15) is 5.75 Å². The van der Waals surface area contributed by atoms with Gasteiger partial charge in [0, 0.05) is 6.42 Å². The number of alkyl halides is 1. The maximum atomic E-state index is 11.8. The normalized spacial score (nSPS) is 10.0. The van der Waals surface area contributed by atoms with Gasteiger partial charge in [-0.05, 0) is 30.7 Å². The van der Waals surface area contributed by atoms with Crippen molar-refractivity contribution in [2.45, 2.75) is 13.3 Å². The van der Waals surface area contributed by atoms with Gasteiger partial charge in [-0.25, -0.2) is 4.79 Å². The van der Waals surface area contributed by atoms with Crippen LogP contribution in [0.15, 0.2) is 18.2 Å². The van der Waals surface area contributed by atoms with E-state index >= 15 is 0 Å². The lowest BCUT2D eigenvalue weighted by Gasteiger charge is -2.07. The van der Waals surface area contributed by atoms with E-state index in [-0.39, 0.29) is 5.56 Å². The van der Waals surface area contributed by atoms with Gasteiger partial charge < -0.3 is 9.84 Å². The molecule has 1 aromatic rings. The van der Waals surface area contributed by atoms with E-state index in [1.165, 1.54) is 6.07 Å². The fourth-order valence-electron chi connectivity index (χ4n) is 1.21. The van der Waals surface area contributed by atoms with Crippen LogP contribution in [-0.4, -0.2) is 24.4 Å². The Morgan fingerprint density at radius 1 is 1.53 bits per heavy atom. The minimum atomic E-state index is -0.956. The van der Waals surface area contributed by atoms with Gasteiger partial charge in [0.25, 0.3) is 0 Å². The molecule has 0 spiro atoms. The van der Waals surface area contributed by atoms with Gasteiger partial charge in [0.2, 0.25) is 0 Å². The van der Waals surface area contributed by atoms with E-state index in [4.69, 9.17) is 9.84 Å². The molecule has 0 fully saturated rings. The van der Waals surface area contributed by atoms with Gasteiger partial charge in [-0.3, -0.25) is 4.39 Å². The SMILES string of the molecule is Cc1cc(OCCCF)ccc1C(=O)O. The Labute approximate surface area is 87.5 Å². The van der Waals surface area contributed by atoms with Crippen LogP contribution >= 0.6 is 0 Å². The lowest BCUT2D eigenvalue weighted by atomic mass is 10.1. The average Bonchev–Trinajstić information content (AvgIpc) is 2.17. The molecule has 0 aliphatic carbocycles. The first-order valence-electron chi connectivity index (χ1n) is 4.68. The minimum Gasteiger partial charge on any atom is -0.493 e. The number of carboxylic acid groups (broad SMARTS) is 1. The number of rotatable bonds is 5. The predicted molar refractivity (Wildman–Crippen MR) is 54.2 cm³/mol. The van der Waals surface area contributed by atoms with Gasteiger partial charge in [-0.1, -0.05) is 0 Å². The number of benzene rings is 1. The Kier molecular flexibility index (Phi) is 4.09. The van der Waals surface area contributed by atoms with Crippen LogP contribution in [0.4, 0.5) is 4.39 Å². The third kappa shape index (κ3) is 3.23. The van der Waals surface area contributed by atoms with Crippen LogP contribution in [0.3, 0.4) is 0 Å². The van der Waals surface area contributed by atoms with E-state index in [0.717, 1.165) is 0 Å². The van der Waals surface area contributed by atoms with Crippen LogP contribution in [0.5, 0.6) is 5.75 Å². The zero-order valence-corrected chi connectivity index (χ0v) is 8.50. The van der Waals surface area contributed by atoms with E-state index in [1.54, 1.807) is 19.1 Å². The minimum absolute atomic E-state index is 0.257. The number of aromatic carboxylic acids is 1. The number of carboxylic acids is 1. The van der Waals surface area contributed by atoms with E-state index in [2.05, 4.69) is 0 Å². The molecule has 1 N–H and O–H groups in total. The van der Waals surface area contributed by atoms with E-state index < -0.39 is 12.6 Å². The molecule has 0 aromatic heterocycles. The third-order valence-electron chi connectivity index (χ3n) is 1.97. The lowest BCUT2D eigenvalue weighted by Crippen LogP contribution is -2.02. The molecule has 0 radical (unpaired) electrons. The Morgan fingerprint density at radius 3 is 2.80 bits per heavy atom. The van der Waals surface area contributed by atoms with Crippen LogP contribution < -0.4 is 4.74 Å². The number of carbonyl (C=O) groups is 1. The number of ether oxygens (including phenoxy) is 1. The van der Waals surface area contributed by atoms with Crippen molar-refractivity contribution < 1.29 is 19.0 Å². The summed E-state index contributed by atoms with van der Waals surface area (Å²) in [7, 11) is 0. The van der Waals surface area contributed by atoms with Crippen LogP contribution in [0.2, 0.25) is 0 Å². The molecule has 1 aromatic carbocycles. The molecule has 4 heteroatoms. The highest BCUT2D eigenvalue weighted by Crippen LogP contribution is 2.17. The smallest absolute Gasteiger partial charge is 0.335 e. The molecule has 0 aliphatic heterocycles. The molecule has 0 unspecified atom stereocenters. The summed E-state index contributed by atoms with van der Waals surface area (Å²) in [6.07, 6.45) is 0.347. The summed E-state index contributed by atoms with van der Waals surface area (Å²) >= 11 is 0. The summed E-state index contributed by atoms with van der Waals surface area (Å²) in [4.78, 5) is 10.7. The molecule has 0 saturated heterocycles. The van der Waals surface area contributed by atoms with Crippen molar-refractivity contribution in [3.63, 3.8) is 0 Å². The Bertz CT molecular complexity index is 350. The molecule has 1 rings (SSSR count). The first-order chi connectivity index (χ1) is 7.15. The zero-order valence-electron chi connectivity index (χ0n) is 8.50. The number of aryl methyl sites for hydroxylation is 1. The molecule has 15 heavy (non-hydrogen) atoms. The number of halogens is 1. The summed E-state index contributed by atoms with van der Waals surface area (Å²) in [5.74, 6) is -0.381.